The first-order valence-electron chi connectivity index (χ1n) is 12.3. The summed E-state index contributed by atoms with van der Waals surface area (Å²) in [5.41, 5.74) is 8.75. The molecule has 1 fully saturated rings. The highest BCUT2D eigenvalue weighted by atomic mass is 35.5. The van der Waals surface area contributed by atoms with Crippen molar-refractivity contribution in [2.45, 2.75) is 6.42 Å². The van der Waals surface area contributed by atoms with Gasteiger partial charge in [0.15, 0.2) is 0 Å². The monoisotopic (exact) mass is 515 g/mol. The second-order valence-corrected chi connectivity index (χ2v) is 10.3. The first-order chi connectivity index (χ1) is 17.9. The second-order valence-electron chi connectivity index (χ2n) is 9.85. The Labute approximate surface area is 219 Å². The number of amidine groups is 1. The van der Waals surface area contributed by atoms with Gasteiger partial charge in [0.2, 0.25) is 0 Å². The number of hydrogen-bond donors (Lipinski definition) is 4. The fraction of sp³-hybridized carbons (Fsp3) is 0.214. The molecule has 2 aliphatic rings. The number of aromatic nitrogens is 1. The van der Waals surface area contributed by atoms with Crippen molar-refractivity contribution in [2.75, 3.05) is 38.5 Å². The number of fused-ring (bicyclic) bond motifs is 3. The number of phenols is 1. The summed E-state index contributed by atoms with van der Waals surface area (Å²) < 4.78 is 0.443. The summed E-state index contributed by atoms with van der Waals surface area (Å²) in [6.45, 7) is 2.94. The largest absolute Gasteiger partial charge is 0.508 e. The van der Waals surface area contributed by atoms with Crippen molar-refractivity contribution in [1.29, 1.82) is 0 Å². The van der Waals surface area contributed by atoms with Crippen molar-refractivity contribution in [1.82, 2.24) is 15.3 Å². The van der Waals surface area contributed by atoms with Crippen molar-refractivity contribution in [3.05, 3.63) is 83.0 Å². The van der Waals surface area contributed by atoms with Crippen molar-refractivity contribution in [3.8, 4) is 5.75 Å². The number of rotatable bonds is 3. The molecule has 37 heavy (non-hydrogen) atoms. The number of carbonyl (C=O) groups excluding carboxylic acids is 1. The lowest BCUT2D eigenvalue weighted by atomic mass is 10.1. The number of aromatic amines is 1. The Morgan fingerprint density at radius 3 is 2.76 bits per heavy atom. The van der Waals surface area contributed by atoms with Gasteiger partial charge >= 0.3 is 0 Å². The van der Waals surface area contributed by atoms with Gasteiger partial charge < -0.3 is 20.3 Å². The molecular formula is C28H28ClN6O2+. The van der Waals surface area contributed by atoms with E-state index in [1.165, 1.54) is 0 Å². The Morgan fingerprint density at radius 2 is 1.92 bits per heavy atom. The molecule has 0 spiro atoms. The van der Waals surface area contributed by atoms with Gasteiger partial charge in [0.1, 0.15) is 24.7 Å². The van der Waals surface area contributed by atoms with Gasteiger partial charge in [-0.15, -0.1) is 0 Å². The second kappa shape index (κ2) is 9.14. The molecule has 0 saturated carbocycles. The third-order valence-electron chi connectivity index (χ3n) is 7.15. The van der Waals surface area contributed by atoms with Gasteiger partial charge in [-0.2, -0.15) is 0 Å². The molecule has 3 heterocycles. The highest BCUT2D eigenvalue weighted by Gasteiger charge is 2.34. The summed E-state index contributed by atoms with van der Waals surface area (Å²) in [5, 5.41) is 14.9. The van der Waals surface area contributed by atoms with E-state index in [0.29, 0.717) is 9.61 Å². The van der Waals surface area contributed by atoms with Crippen molar-refractivity contribution in [3.63, 3.8) is 0 Å². The number of H-pyrrole nitrogens is 1. The van der Waals surface area contributed by atoms with Gasteiger partial charge in [0.25, 0.3) is 5.91 Å². The lowest BCUT2D eigenvalue weighted by Gasteiger charge is -2.42. The average molecular weight is 516 g/mol. The van der Waals surface area contributed by atoms with E-state index in [9.17, 15) is 9.90 Å². The molecule has 0 aliphatic carbocycles. The molecule has 2 aliphatic heterocycles. The van der Waals surface area contributed by atoms with E-state index in [1.54, 1.807) is 12.1 Å². The molecule has 1 amide bonds. The predicted octanol–water partition coefficient (Wildman–Crippen LogP) is 4.70. The van der Waals surface area contributed by atoms with Crippen LogP contribution in [-0.4, -0.2) is 64.6 Å². The number of likely N-dealkylation sites (N-methyl/N-ethyl adjacent to an activating group) is 1. The van der Waals surface area contributed by atoms with Crippen LogP contribution < -0.4 is 10.7 Å². The first-order valence-corrected chi connectivity index (χ1v) is 12.7. The number of halogens is 1. The van der Waals surface area contributed by atoms with Crippen LogP contribution in [0.1, 0.15) is 11.1 Å². The van der Waals surface area contributed by atoms with Crippen LogP contribution in [-0.2, 0) is 11.2 Å². The van der Waals surface area contributed by atoms with Crippen LogP contribution in [0.5, 0.6) is 5.75 Å². The van der Waals surface area contributed by atoms with E-state index in [0.717, 1.165) is 71.1 Å². The molecule has 1 aromatic heterocycles. The Hall–Kier alpha value is -4.01. The van der Waals surface area contributed by atoms with E-state index in [4.69, 9.17) is 16.6 Å². The quantitative estimate of drug-likeness (QED) is 0.298. The lowest BCUT2D eigenvalue weighted by Crippen LogP contribution is -2.66. The molecule has 9 heteroatoms. The number of aromatic hydroxyl groups is 1. The third kappa shape index (κ3) is 4.61. The van der Waals surface area contributed by atoms with E-state index in [1.807, 2.05) is 42.6 Å². The number of anilines is 2. The summed E-state index contributed by atoms with van der Waals surface area (Å²) in [4.78, 5) is 23.5. The Bertz CT molecular complexity index is 1540. The van der Waals surface area contributed by atoms with Gasteiger partial charge in [-0.3, -0.25) is 4.79 Å². The van der Waals surface area contributed by atoms with Crippen molar-refractivity contribution < 1.29 is 14.5 Å². The van der Waals surface area contributed by atoms with Crippen molar-refractivity contribution in [2.24, 2.45) is 4.99 Å². The van der Waals surface area contributed by atoms with Crippen LogP contribution in [0.15, 0.2) is 71.9 Å². The molecule has 4 N–H and O–H groups in total. The number of benzene rings is 3. The minimum absolute atomic E-state index is 0.0508. The predicted molar refractivity (Wildman–Crippen MR) is 147 cm³/mol. The molecule has 0 atom stereocenters. The number of piperazine rings is 1. The smallest absolute Gasteiger partial charge is 0.269 e. The van der Waals surface area contributed by atoms with Crippen molar-refractivity contribution >= 4 is 51.3 Å². The molecule has 0 unspecified atom stereocenters. The molecule has 6 rings (SSSR count). The molecule has 0 radical (unpaired) electrons. The lowest BCUT2D eigenvalue weighted by molar-refractivity contribution is -0.946. The van der Waals surface area contributed by atoms with E-state index < -0.39 is 0 Å². The first kappa shape index (κ1) is 23.4. The molecule has 1 saturated heterocycles. The fourth-order valence-electron chi connectivity index (χ4n) is 5.11. The van der Waals surface area contributed by atoms with Crippen LogP contribution in [0.25, 0.3) is 10.9 Å². The number of phenolic OH excluding ortho intramolecular Hbond substituents is 1. The minimum Gasteiger partial charge on any atom is -0.508 e. The van der Waals surface area contributed by atoms with Gasteiger partial charge in [-0.05, 0) is 54.1 Å². The summed E-state index contributed by atoms with van der Waals surface area (Å²) in [6, 6.07) is 19.0. The normalized spacial score (nSPS) is 16.3. The van der Waals surface area contributed by atoms with E-state index in [2.05, 4.69) is 39.8 Å². The van der Waals surface area contributed by atoms with Crippen LogP contribution >= 0.6 is 11.6 Å². The minimum atomic E-state index is -0.0508. The molecular weight excluding hydrogens is 488 g/mol. The maximum Gasteiger partial charge on any atom is 0.269 e. The topological polar surface area (TPSA) is 92.8 Å². The van der Waals surface area contributed by atoms with E-state index in [-0.39, 0.29) is 18.1 Å². The van der Waals surface area contributed by atoms with E-state index >= 15 is 0 Å². The number of aliphatic imine (C=N–C) groups is 1. The zero-order chi connectivity index (χ0) is 25.6. The molecule has 8 nitrogen and oxygen atoms in total. The Kier molecular flexibility index (Phi) is 5.78. The summed E-state index contributed by atoms with van der Waals surface area (Å²) >= 11 is 6.28. The zero-order valence-electron chi connectivity index (χ0n) is 20.5. The van der Waals surface area contributed by atoms with Gasteiger partial charge in [0.05, 0.1) is 37.9 Å². The highest BCUT2D eigenvalue weighted by molar-refractivity contribution is 6.31. The number of para-hydroxylation sites is 1. The number of nitrogens with one attached hydrogen (secondary N) is 3. The number of carbonyl (C=O) groups is 1. The van der Waals surface area contributed by atoms with Crippen LogP contribution in [0.4, 0.5) is 17.1 Å². The standard InChI is InChI=1S/C28H27ClN6O2/c1-35(33-27(37)14-18-17-30-23-9-7-20(36)16-22(18)23)12-10-34(11-13-35)28-21-4-2-3-5-24(21)31-25-8-6-19(29)15-26(25)32-28/h2-9,15-17,30H,10-14H2,1H3,(H2-,31,32,33,36,37)/p+1. The number of quaternary nitrogens is 1. The number of nitrogens with zero attached hydrogens (tertiary/aromatic N) is 3. The highest BCUT2D eigenvalue weighted by Crippen LogP contribution is 2.36. The number of hydrogen-bond acceptors (Lipinski definition) is 5. The molecule has 188 valence electrons. The van der Waals surface area contributed by atoms with Crippen LogP contribution in [0, 0.1) is 0 Å². The van der Waals surface area contributed by atoms with Gasteiger partial charge in [-0.25, -0.2) is 15.0 Å². The molecule has 0 bridgehead atoms. The Morgan fingerprint density at radius 1 is 1.11 bits per heavy atom. The van der Waals surface area contributed by atoms with Crippen LogP contribution in [0.2, 0.25) is 5.02 Å². The maximum absolute atomic E-state index is 13.0. The average Bonchev–Trinajstić information content (AvgIpc) is 3.18. The van der Waals surface area contributed by atoms with Gasteiger partial charge in [0, 0.05) is 33.4 Å². The summed E-state index contributed by atoms with van der Waals surface area (Å²) in [5.74, 6) is 1.04. The third-order valence-corrected chi connectivity index (χ3v) is 7.38. The maximum atomic E-state index is 13.0. The SMILES string of the molecule is C[N+]1(NC(=O)Cc2c[nH]c3ccc(O)cc23)CCN(C2=Nc3cc(Cl)ccc3Nc3ccccc32)CC1. The fourth-order valence-corrected chi connectivity index (χ4v) is 5.27. The summed E-state index contributed by atoms with van der Waals surface area (Å²) in [6.07, 6.45) is 2.08. The van der Waals surface area contributed by atoms with Crippen LogP contribution in [0.3, 0.4) is 0 Å². The molecule has 3 aromatic carbocycles. The Balaban J connectivity index is 1.18. The zero-order valence-corrected chi connectivity index (χ0v) is 21.2. The number of amides is 1. The van der Waals surface area contributed by atoms with Gasteiger partial charge in [-0.1, -0.05) is 23.7 Å². The summed E-state index contributed by atoms with van der Waals surface area (Å²) in [7, 11) is 2.05. The molecule has 4 aromatic rings.